The van der Waals surface area contributed by atoms with E-state index in [0.717, 1.165) is 5.56 Å². The molecule has 7 heteroatoms. The van der Waals surface area contributed by atoms with Gasteiger partial charge in [-0.2, -0.15) is 4.98 Å². The standard InChI is InChI=1S/C23H17FN2O4/c1-28-19-10-4-15(5-11-19)21(27)14-29-20-12-6-16(7-13-20)22-25-23(30-26-22)17-2-8-18(24)9-3-17/h2-13H,14H2,1H3. The van der Waals surface area contributed by atoms with E-state index in [9.17, 15) is 9.18 Å². The molecule has 150 valence electrons. The molecular formula is C23H17FN2O4. The maximum absolute atomic E-state index is 13.0. The Morgan fingerprint density at radius 1 is 0.900 bits per heavy atom. The SMILES string of the molecule is COc1ccc(C(=O)COc2ccc(-c3noc(-c4ccc(F)cc4)n3)cc2)cc1. The number of carbonyl (C=O) groups is 1. The van der Waals surface area contributed by atoms with Gasteiger partial charge in [0.15, 0.2) is 12.4 Å². The molecule has 30 heavy (non-hydrogen) atoms. The quantitative estimate of drug-likeness (QED) is 0.412. The molecule has 0 saturated carbocycles. The number of ketones is 1. The number of rotatable bonds is 7. The minimum atomic E-state index is -0.334. The minimum Gasteiger partial charge on any atom is -0.497 e. The smallest absolute Gasteiger partial charge is 0.258 e. The van der Waals surface area contributed by atoms with Gasteiger partial charge >= 0.3 is 0 Å². The number of benzene rings is 3. The Kier molecular flexibility index (Phi) is 5.52. The number of ether oxygens (including phenoxy) is 2. The van der Waals surface area contributed by atoms with Gasteiger partial charge in [-0.15, -0.1) is 0 Å². The first kappa shape index (κ1) is 19.3. The van der Waals surface area contributed by atoms with Crippen molar-refractivity contribution in [2.24, 2.45) is 0 Å². The zero-order valence-electron chi connectivity index (χ0n) is 16.0. The van der Waals surface area contributed by atoms with Gasteiger partial charge in [-0.3, -0.25) is 4.79 Å². The summed E-state index contributed by atoms with van der Waals surface area (Å²) in [5, 5.41) is 3.96. The summed E-state index contributed by atoms with van der Waals surface area (Å²) >= 11 is 0. The van der Waals surface area contributed by atoms with Crippen molar-refractivity contribution in [1.29, 1.82) is 0 Å². The van der Waals surface area contributed by atoms with Gasteiger partial charge < -0.3 is 14.0 Å². The second kappa shape index (κ2) is 8.57. The summed E-state index contributed by atoms with van der Waals surface area (Å²) in [7, 11) is 1.57. The fourth-order valence-electron chi connectivity index (χ4n) is 2.76. The van der Waals surface area contributed by atoms with Crippen molar-refractivity contribution >= 4 is 5.78 Å². The lowest BCUT2D eigenvalue weighted by atomic mass is 10.1. The van der Waals surface area contributed by atoms with E-state index in [1.165, 1.54) is 12.1 Å². The summed E-state index contributed by atoms with van der Waals surface area (Å²) in [5.41, 5.74) is 1.90. The zero-order chi connectivity index (χ0) is 20.9. The lowest BCUT2D eigenvalue weighted by Crippen LogP contribution is -2.11. The molecule has 0 aliphatic rings. The van der Waals surface area contributed by atoms with Gasteiger partial charge in [0.25, 0.3) is 5.89 Å². The molecule has 4 rings (SSSR count). The van der Waals surface area contributed by atoms with E-state index >= 15 is 0 Å². The van der Waals surface area contributed by atoms with Crippen molar-refractivity contribution in [2.45, 2.75) is 0 Å². The van der Waals surface area contributed by atoms with Crippen LogP contribution in [0.2, 0.25) is 0 Å². The highest BCUT2D eigenvalue weighted by molar-refractivity contribution is 5.97. The van der Waals surface area contributed by atoms with E-state index in [0.29, 0.717) is 34.3 Å². The van der Waals surface area contributed by atoms with Crippen LogP contribution in [0.15, 0.2) is 77.3 Å². The molecule has 3 aromatic carbocycles. The molecule has 0 aliphatic heterocycles. The molecule has 0 bridgehead atoms. The van der Waals surface area contributed by atoms with Crippen molar-refractivity contribution in [3.63, 3.8) is 0 Å². The monoisotopic (exact) mass is 404 g/mol. The maximum atomic E-state index is 13.0. The van der Waals surface area contributed by atoms with Crippen LogP contribution >= 0.6 is 0 Å². The molecule has 0 unspecified atom stereocenters. The minimum absolute atomic E-state index is 0.0808. The predicted molar refractivity (Wildman–Crippen MR) is 108 cm³/mol. The number of methoxy groups -OCH3 is 1. The first-order valence-electron chi connectivity index (χ1n) is 9.12. The van der Waals surface area contributed by atoms with E-state index in [1.807, 2.05) is 0 Å². The molecule has 0 atom stereocenters. The van der Waals surface area contributed by atoms with Crippen molar-refractivity contribution in [1.82, 2.24) is 10.1 Å². The third-order valence-electron chi connectivity index (χ3n) is 4.41. The molecule has 0 aliphatic carbocycles. The summed E-state index contributed by atoms with van der Waals surface area (Å²) in [4.78, 5) is 16.6. The first-order valence-corrected chi connectivity index (χ1v) is 9.12. The number of hydrogen-bond acceptors (Lipinski definition) is 6. The molecule has 1 heterocycles. The van der Waals surface area contributed by atoms with Crippen LogP contribution in [-0.4, -0.2) is 29.6 Å². The summed E-state index contributed by atoms with van der Waals surface area (Å²) in [6.07, 6.45) is 0. The maximum Gasteiger partial charge on any atom is 0.258 e. The lowest BCUT2D eigenvalue weighted by molar-refractivity contribution is 0.0921. The average molecular weight is 404 g/mol. The number of carbonyl (C=O) groups excluding carboxylic acids is 1. The third-order valence-corrected chi connectivity index (χ3v) is 4.41. The molecule has 0 spiro atoms. The van der Waals surface area contributed by atoms with E-state index in [2.05, 4.69) is 10.1 Å². The molecule has 0 amide bonds. The number of hydrogen-bond donors (Lipinski definition) is 0. The van der Waals surface area contributed by atoms with Gasteiger partial charge in [0, 0.05) is 16.7 Å². The highest BCUT2D eigenvalue weighted by atomic mass is 19.1. The molecule has 0 N–H and O–H groups in total. The Morgan fingerprint density at radius 3 is 2.20 bits per heavy atom. The average Bonchev–Trinajstić information content (AvgIpc) is 3.28. The second-order valence-corrected chi connectivity index (χ2v) is 6.39. The predicted octanol–water partition coefficient (Wildman–Crippen LogP) is 4.81. The van der Waals surface area contributed by atoms with Gasteiger partial charge in [-0.25, -0.2) is 4.39 Å². The zero-order valence-corrected chi connectivity index (χ0v) is 16.0. The molecule has 0 radical (unpaired) electrons. The van der Waals surface area contributed by atoms with E-state index in [4.69, 9.17) is 14.0 Å². The van der Waals surface area contributed by atoms with Crippen molar-refractivity contribution < 1.29 is 23.2 Å². The van der Waals surface area contributed by atoms with Crippen LogP contribution in [0.4, 0.5) is 4.39 Å². The summed E-state index contributed by atoms with van der Waals surface area (Å²) in [6.45, 7) is -0.0808. The highest BCUT2D eigenvalue weighted by Crippen LogP contribution is 2.24. The topological polar surface area (TPSA) is 74.5 Å². The second-order valence-electron chi connectivity index (χ2n) is 6.39. The molecule has 4 aromatic rings. The van der Waals surface area contributed by atoms with Crippen LogP contribution in [0, 0.1) is 5.82 Å². The molecule has 6 nitrogen and oxygen atoms in total. The fourth-order valence-corrected chi connectivity index (χ4v) is 2.76. The van der Waals surface area contributed by atoms with E-state index in [-0.39, 0.29) is 18.2 Å². The Labute approximate surface area is 171 Å². The van der Waals surface area contributed by atoms with Crippen molar-refractivity contribution in [3.8, 4) is 34.3 Å². The number of aromatic nitrogens is 2. The van der Waals surface area contributed by atoms with Crippen molar-refractivity contribution in [3.05, 3.63) is 84.2 Å². The number of Topliss-reactive ketones (excluding diaryl/α,β-unsaturated/α-hetero) is 1. The first-order chi connectivity index (χ1) is 14.6. The summed E-state index contributed by atoms with van der Waals surface area (Å²) in [6, 6.07) is 19.7. The summed E-state index contributed by atoms with van der Waals surface area (Å²) < 4.78 is 29.0. The van der Waals surface area contributed by atoms with Crippen molar-refractivity contribution in [2.75, 3.05) is 13.7 Å². The largest absolute Gasteiger partial charge is 0.497 e. The summed E-state index contributed by atoms with van der Waals surface area (Å²) in [5.74, 6) is 1.46. The molecule has 0 saturated heterocycles. The van der Waals surface area contributed by atoms with Gasteiger partial charge in [0.1, 0.15) is 17.3 Å². The van der Waals surface area contributed by atoms with Gasteiger partial charge in [-0.05, 0) is 72.8 Å². The highest BCUT2D eigenvalue weighted by Gasteiger charge is 2.12. The van der Waals surface area contributed by atoms with Crippen LogP contribution < -0.4 is 9.47 Å². The van der Waals surface area contributed by atoms with Gasteiger partial charge in [-0.1, -0.05) is 5.16 Å². The lowest BCUT2D eigenvalue weighted by Gasteiger charge is -2.06. The Bertz CT molecular complexity index is 1140. The van der Waals surface area contributed by atoms with Crippen LogP contribution in [0.25, 0.3) is 22.8 Å². The fraction of sp³-hybridized carbons (Fsp3) is 0.0870. The van der Waals surface area contributed by atoms with Crippen LogP contribution in [0.3, 0.4) is 0 Å². The van der Waals surface area contributed by atoms with Crippen LogP contribution in [0.1, 0.15) is 10.4 Å². The number of nitrogens with zero attached hydrogens (tertiary/aromatic N) is 2. The van der Waals surface area contributed by atoms with E-state index < -0.39 is 0 Å². The van der Waals surface area contributed by atoms with Crippen LogP contribution in [-0.2, 0) is 0 Å². The van der Waals surface area contributed by atoms with Gasteiger partial charge in [0.05, 0.1) is 7.11 Å². The number of halogens is 1. The van der Waals surface area contributed by atoms with E-state index in [1.54, 1.807) is 67.8 Å². The Balaban J connectivity index is 1.39. The molecule has 1 aromatic heterocycles. The Hall–Kier alpha value is -4.00. The Morgan fingerprint density at radius 2 is 1.53 bits per heavy atom. The normalized spacial score (nSPS) is 10.6. The van der Waals surface area contributed by atoms with Crippen LogP contribution in [0.5, 0.6) is 11.5 Å². The molecule has 0 fully saturated rings. The third kappa shape index (κ3) is 4.35. The van der Waals surface area contributed by atoms with Gasteiger partial charge in [0.2, 0.25) is 5.82 Å². The molecular weight excluding hydrogens is 387 g/mol.